The largest absolute Gasteiger partial charge is 0.467 e. The van der Waals surface area contributed by atoms with Crippen molar-refractivity contribution >= 4 is 33.0 Å². The molecule has 2 N–H and O–H groups in total. The van der Waals surface area contributed by atoms with E-state index in [-0.39, 0.29) is 11.7 Å². The maximum absolute atomic E-state index is 13.3. The van der Waals surface area contributed by atoms with E-state index in [1.165, 1.54) is 28.4 Å². The van der Waals surface area contributed by atoms with Crippen LogP contribution in [0.2, 0.25) is 0 Å². The third-order valence-corrected chi connectivity index (χ3v) is 4.38. The van der Waals surface area contributed by atoms with Gasteiger partial charge in [0.1, 0.15) is 16.5 Å². The molecule has 0 atom stereocenters. The molecule has 0 bridgehead atoms. The zero-order chi connectivity index (χ0) is 15.0. The number of rotatable bonds is 3. The first kappa shape index (κ1) is 13.6. The summed E-state index contributed by atoms with van der Waals surface area (Å²) in [6, 6.07) is 7.91. The summed E-state index contributed by atoms with van der Waals surface area (Å²) in [5.41, 5.74) is 6.32. The molecule has 0 aliphatic heterocycles. The van der Waals surface area contributed by atoms with E-state index < -0.39 is 0 Å². The zero-order valence-corrected chi connectivity index (χ0v) is 12.1. The van der Waals surface area contributed by atoms with Crippen molar-refractivity contribution in [3.63, 3.8) is 0 Å². The molecular formula is C15H13FN2O2S. The lowest BCUT2D eigenvalue weighted by Gasteiger charge is -2.14. The highest BCUT2D eigenvalue weighted by molar-refractivity contribution is 7.21. The maximum Gasteiger partial charge on any atom is 0.266 e. The molecule has 0 radical (unpaired) electrons. The van der Waals surface area contributed by atoms with E-state index in [0.29, 0.717) is 28.3 Å². The minimum atomic E-state index is -0.366. The fraction of sp³-hybridized carbons (Fsp3) is 0.133. The molecule has 0 fully saturated rings. The van der Waals surface area contributed by atoms with E-state index in [9.17, 15) is 9.18 Å². The SMILES string of the molecule is CN(Cc1ccco1)C(=O)c1sc2ccc(F)cc2c1N. The molecule has 0 spiro atoms. The Morgan fingerprint density at radius 2 is 2.24 bits per heavy atom. The number of carbonyl (C=O) groups excluding carboxylic acids is 1. The van der Waals surface area contributed by atoms with Gasteiger partial charge in [-0.05, 0) is 30.3 Å². The van der Waals surface area contributed by atoms with Crippen LogP contribution in [-0.2, 0) is 6.54 Å². The summed E-state index contributed by atoms with van der Waals surface area (Å²) in [6.45, 7) is 0.355. The third-order valence-electron chi connectivity index (χ3n) is 3.20. The number of hydrogen-bond donors (Lipinski definition) is 1. The molecule has 4 nitrogen and oxygen atoms in total. The Morgan fingerprint density at radius 1 is 1.43 bits per heavy atom. The van der Waals surface area contributed by atoms with E-state index in [0.717, 1.165) is 4.70 Å². The highest BCUT2D eigenvalue weighted by atomic mass is 32.1. The molecule has 0 saturated carbocycles. The standard InChI is InChI=1S/C15H13FN2O2S/c1-18(8-10-3-2-6-20-10)15(19)14-13(17)11-7-9(16)4-5-12(11)21-14/h2-7H,8,17H2,1H3. The summed E-state index contributed by atoms with van der Waals surface area (Å²) in [6.07, 6.45) is 1.56. The van der Waals surface area contributed by atoms with Crippen LogP contribution in [0, 0.1) is 5.82 Å². The maximum atomic E-state index is 13.3. The van der Waals surface area contributed by atoms with Crippen LogP contribution in [0.25, 0.3) is 10.1 Å². The molecule has 6 heteroatoms. The Morgan fingerprint density at radius 3 is 2.95 bits per heavy atom. The van der Waals surface area contributed by atoms with Gasteiger partial charge in [-0.25, -0.2) is 4.39 Å². The lowest BCUT2D eigenvalue weighted by molar-refractivity contribution is 0.0781. The number of hydrogen-bond acceptors (Lipinski definition) is 4. The van der Waals surface area contributed by atoms with E-state index >= 15 is 0 Å². The van der Waals surface area contributed by atoms with Crippen molar-refractivity contribution < 1.29 is 13.6 Å². The van der Waals surface area contributed by atoms with Crippen LogP contribution in [-0.4, -0.2) is 17.9 Å². The third kappa shape index (κ3) is 2.50. The Labute approximate surface area is 124 Å². The van der Waals surface area contributed by atoms with Gasteiger partial charge in [0.05, 0.1) is 18.5 Å². The molecule has 3 rings (SSSR count). The fourth-order valence-electron chi connectivity index (χ4n) is 2.13. The lowest BCUT2D eigenvalue weighted by atomic mass is 10.2. The minimum absolute atomic E-state index is 0.203. The number of thiophene rings is 1. The Kier molecular flexibility index (Phi) is 3.39. The fourth-order valence-corrected chi connectivity index (χ4v) is 3.23. The number of furan rings is 1. The number of nitrogen functional groups attached to an aromatic ring is 1. The molecular weight excluding hydrogens is 291 g/mol. The Balaban J connectivity index is 1.92. The van der Waals surface area contributed by atoms with Crippen LogP contribution in [0.5, 0.6) is 0 Å². The van der Waals surface area contributed by atoms with Gasteiger partial charge in [0.2, 0.25) is 0 Å². The van der Waals surface area contributed by atoms with Crippen molar-refractivity contribution in [2.24, 2.45) is 0 Å². The van der Waals surface area contributed by atoms with E-state index in [1.807, 2.05) is 0 Å². The van der Waals surface area contributed by atoms with E-state index in [1.54, 1.807) is 31.5 Å². The summed E-state index contributed by atoms with van der Waals surface area (Å²) in [4.78, 5) is 14.4. The average Bonchev–Trinajstić information content (AvgIpc) is 3.07. The van der Waals surface area contributed by atoms with Gasteiger partial charge in [0.15, 0.2) is 0 Å². The molecule has 1 aromatic carbocycles. The summed E-state index contributed by atoms with van der Waals surface area (Å²) in [7, 11) is 1.68. The van der Waals surface area contributed by atoms with Gasteiger partial charge in [0, 0.05) is 17.1 Å². The number of halogens is 1. The Bertz CT molecular complexity index is 795. The lowest BCUT2D eigenvalue weighted by Crippen LogP contribution is -2.25. The monoisotopic (exact) mass is 304 g/mol. The second-order valence-corrected chi connectivity index (χ2v) is 5.78. The molecule has 0 saturated heterocycles. The average molecular weight is 304 g/mol. The Hall–Kier alpha value is -2.34. The van der Waals surface area contributed by atoms with E-state index in [2.05, 4.69) is 0 Å². The molecule has 0 aliphatic carbocycles. The second kappa shape index (κ2) is 5.21. The molecule has 3 aromatic rings. The molecule has 0 unspecified atom stereocenters. The van der Waals surface area contributed by atoms with E-state index in [4.69, 9.17) is 10.2 Å². The predicted octanol–water partition coefficient (Wildman–Crippen LogP) is 3.49. The quantitative estimate of drug-likeness (QED) is 0.806. The van der Waals surface area contributed by atoms with Crippen molar-refractivity contribution in [1.29, 1.82) is 0 Å². The number of anilines is 1. The number of fused-ring (bicyclic) bond motifs is 1. The van der Waals surface area contributed by atoms with Crippen LogP contribution in [0.15, 0.2) is 41.0 Å². The van der Waals surface area contributed by atoms with Crippen LogP contribution < -0.4 is 5.73 Å². The normalized spacial score (nSPS) is 11.0. The molecule has 21 heavy (non-hydrogen) atoms. The number of benzene rings is 1. The van der Waals surface area contributed by atoms with Crippen LogP contribution in [0.1, 0.15) is 15.4 Å². The first-order valence-electron chi connectivity index (χ1n) is 6.31. The molecule has 108 valence electrons. The van der Waals surface area contributed by atoms with Gasteiger partial charge in [-0.2, -0.15) is 0 Å². The van der Waals surface area contributed by atoms with Crippen molar-refractivity contribution in [3.8, 4) is 0 Å². The highest BCUT2D eigenvalue weighted by Gasteiger charge is 2.20. The number of carbonyl (C=O) groups is 1. The summed E-state index contributed by atoms with van der Waals surface area (Å²) >= 11 is 1.27. The van der Waals surface area contributed by atoms with Gasteiger partial charge in [-0.15, -0.1) is 11.3 Å². The van der Waals surface area contributed by atoms with Crippen molar-refractivity contribution in [2.45, 2.75) is 6.54 Å². The van der Waals surface area contributed by atoms with Gasteiger partial charge >= 0.3 is 0 Å². The van der Waals surface area contributed by atoms with Gasteiger partial charge in [-0.3, -0.25) is 4.79 Å². The van der Waals surface area contributed by atoms with Crippen LogP contribution in [0.3, 0.4) is 0 Å². The summed E-state index contributed by atoms with van der Waals surface area (Å²) < 4.78 is 19.3. The summed E-state index contributed by atoms with van der Waals surface area (Å²) in [5.74, 6) is 0.122. The number of nitrogens with two attached hydrogens (primary N) is 1. The van der Waals surface area contributed by atoms with Crippen LogP contribution in [0.4, 0.5) is 10.1 Å². The smallest absolute Gasteiger partial charge is 0.266 e. The first-order valence-corrected chi connectivity index (χ1v) is 7.13. The molecule has 2 heterocycles. The summed E-state index contributed by atoms with van der Waals surface area (Å²) in [5, 5.41) is 0.578. The predicted molar refractivity (Wildman–Crippen MR) is 80.7 cm³/mol. The molecule has 0 aliphatic rings. The van der Waals surface area contributed by atoms with Gasteiger partial charge in [0.25, 0.3) is 5.91 Å². The molecule has 1 amide bonds. The van der Waals surface area contributed by atoms with Crippen molar-refractivity contribution in [2.75, 3.05) is 12.8 Å². The molecule has 2 aromatic heterocycles. The first-order chi connectivity index (χ1) is 10.1. The topological polar surface area (TPSA) is 59.5 Å². The number of nitrogens with zero attached hydrogens (tertiary/aromatic N) is 1. The van der Waals surface area contributed by atoms with Gasteiger partial charge < -0.3 is 15.1 Å². The number of amides is 1. The zero-order valence-electron chi connectivity index (χ0n) is 11.3. The van der Waals surface area contributed by atoms with Crippen molar-refractivity contribution in [3.05, 3.63) is 53.0 Å². The minimum Gasteiger partial charge on any atom is -0.467 e. The van der Waals surface area contributed by atoms with Gasteiger partial charge in [-0.1, -0.05) is 0 Å². The van der Waals surface area contributed by atoms with Crippen LogP contribution >= 0.6 is 11.3 Å². The highest BCUT2D eigenvalue weighted by Crippen LogP contribution is 2.34. The second-order valence-electron chi connectivity index (χ2n) is 4.73. The van der Waals surface area contributed by atoms with Crippen molar-refractivity contribution in [1.82, 2.24) is 4.90 Å².